The van der Waals surface area contributed by atoms with Crippen LogP contribution in [0.5, 0.6) is 5.75 Å². The lowest BCUT2D eigenvalue weighted by Gasteiger charge is -2.15. The molecular weight excluding hydrogens is 476 g/mol. The average Bonchev–Trinajstić information content (AvgIpc) is 2.76. The van der Waals surface area contributed by atoms with Crippen LogP contribution in [0.4, 0.5) is 25.8 Å². The van der Waals surface area contributed by atoms with Crippen LogP contribution in [0.2, 0.25) is 0 Å². The summed E-state index contributed by atoms with van der Waals surface area (Å²) < 4.78 is 63.0. The SMILES string of the molecule is COc1ccc(C(=O)Nc2ccc(F)c(F)c2)cc1NC(=S)Nc1ccc(S(=O)(=O)O)cc1. The quantitative estimate of drug-likeness (QED) is 0.297. The van der Waals surface area contributed by atoms with Gasteiger partial charge in [0, 0.05) is 23.0 Å². The summed E-state index contributed by atoms with van der Waals surface area (Å²) in [4.78, 5) is 12.3. The molecule has 0 saturated heterocycles. The predicted octanol–water partition coefficient (Wildman–Crippen LogP) is 4.28. The van der Waals surface area contributed by atoms with E-state index in [2.05, 4.69) is 16.0 Å². The van der Waals surface area contributed by atoms with Gasteiger partial charge in [-0.05, 0) is 66.8 Å². The summed E-state index contributed by atoms with van der Waals surface area (Å²) in [6.07, 6.45) is 0. The van der Waals surface area contributed by atoms with Crippen molar-refractivity contribution in [2.75, 3.05) is 23.1 Å². The third kappa shape index (κ3) is 6.22. The second-order valence-corrected chi connectivity index (χ2v) is 8.41. The summed E-state index contributed by atoms with van der Waals surface area (Å²) in [7, 11) is -2.89. The maximum Gasteiger partial charge on any atom is 0.294 e. The molecule has 0 atom stereocenters. The molecule has 0 aromatic heterocycles. The van der Waals surface area contributed by atoms with Crippen molar-refractivity contribution in [3.05, 3.63) is 77.9 Å². The van der Waals surface area contributed by atoms with Gasteiger partial charge in [-0.1, -0.05) is 0 Å². The number of ether oxygens (including phenoxy) is 1. The Balaban J connectivity index is 1.74. The molecule has 0 spiro atoms. The fraction of sp³-hybridized carbons (Fsp3) is 0.0476. The predicted molar refractivity (Wildman–Crippen MR) is 123 cm³/mol. The number of benzene rings is 3. The van der Waals surface area contributed by atoms with Crippen molar-refractivity contribution >= 4 is 50.4 Å². The van der Waals surface area contributed by atoms with E-state index in [1.807, 2.05) is 0 Å². The van der Waals surface area contributed by atoms with Gasteiger partial charge in [0.15, 0.2) is 16.7 Å². The first kappa shape index (κ1) is 24.0. The van der Waals surface area contributed by atoms with Crippen LogP contribution in [0.25, 0.3) is 0 Å². The second-order valence-electron chi connectivity index (χ2n) is 6.58. The zero-order valence-corrected chi connectivity index (χ0v) is 18.6. The molecule has 0 saturated carbocycles. The van der Waals surface area contributed by atoms with Crippen molar-refractivity contribution < 1.29 is 31.3 Å². The Hall–Kier alpha value is -3.61. The average molecular weight is 494 g/mol. The van der Waals surface area contributed by atoms with Gasteiger partial charge >= 0.3 is 0 Å². The number of thiocarbonyl (C=S) groups is 1. The minimum absolute atomic E-state index is 0.0785. The number of amides is 1. The normalized spacial score (nSPS) is 10.9. The van der Waals surface area contributed by atoms with Gasteiger partial charge < -0.3 is 20.7 Å². The van der Waals surface area contributed by atoms with E-state index in [1.54, 1.807) is 0 Å². The van der Waals surface area contributed by atoms with Crippen molar-refractivity contribution in [1.29, 1.82) is 0 Å². The molecule has 0 bridgehead atoms. The highest BCUT2D eigenvalue weighted by Crippen LogP contribution is 2.26. The molecule has 4 N–H and O–H groups in total. The van der Waals surface area contributed by atoms with E-state index in [-0.39, 0.29) is 21.3 Å². The lowest BCUT2D eigenvalue weighted by Crippen LogP contribution is -2.20. The largest absolute Gasteiger partial charge is 0.495 e. The van der Waals surface area contributed by atoms with Gasteiger partial charge in [-0.15, -0.1) is 0 Å². The van der Waals surface area contributed by atoms with Crippen molar-refractivity contribution in [3.63, 3.8) is 0 Å². The highest BCUT2D eigenvalue weighted by Gasteiger charge is 2.14. The number of carbonyl (C=O) groups excluding carboxylic acids is 1. The second kappa shape index (κ2) is 9.90. The van der Waals surface area contributed by atoms with Gasteiger partial charge in [-0.3, -0.25) is 9.35 Å². The van der Waals surface area contributed by atoms with Crippen molar-refractivity contribution in [2.24, 2.45) is 0 Å². The molecule has 3 aromatic carbocycles. The smallest absolute Gasteiger partial charge is 0.294 e. The molecule has 0 heterocycles. The zero-order chi connectivity index (χ0) is 24.2. The van der Waals surface area contributed by atoms with Gasteiger partial charge in [-0.25, -0.2) is 8.78 Å². The molecule has 12 heteroatoms. The van der Waals surface area contributed by atoms with Crippen molar-refractivity contribution in [2.45, 2.75) is 4.90 Å². The number of hydrogen-bond donors (Lipinski definition) is 4. The van der Waals surface area contributed by atoms with Crippen molar-refractivity contribution in [3.8, 4) is 5.75 Å². The van der Waals surface area contributed by atoms with E-state index in [9.17, 15) is 22.0 Å². The zero-order valence-electron chi connectivity index (χ0n) is 16.9. The van der Waals surface area contributed by atoms with Gasteiger partial charge in [0.25, 0.3) is 16.0 Å². The van der Waals surface area contributed by atoms with Crippen LogP contribution in [0, 0.1) is 11.6 Å². The molecule has 172 valence electrons. The summed E-state index contributed by atoms with van der Waals surface area (Å²) in [6.45, 7) is 0. The lowest BCUT2D eigenvalue weighted by atomic mass is 10.1. The fourth-order valence-corrected chi connectivity index (χ4v) is 3.43. The molecule has 0 aliphatic rings. The summed E-state index contributed by atoms with van der Waals surface area (Å²) in [5.41, 5.74) is 1.03. The summed E-state index contributed by atoms with van der Waals surface area (Å²) in [5.74, 6) is -2.33. The van der Waals surface area contributed by atoms with Gasteiger partial charge in [0.05, 0.1) is 17.7 Å². The van der Waals surface area contributed by atoms with Crippen molar-refractivity contribution in [1.82, 2.24) is 0 Å². The van der Waals surface area contributed by atoms with E-state index >= 15 is 0 Å². The first-order chi connectivity index (χ1) is 15.6. The maximum atomic E-state index is 13.4. The first-order valence-electron chi connectivity index (χ1n) is 9.17. The molecule has 0 radical (unpaired) electrons. The monoisotopic (exact) mass is 493 g/mol. The number of anilines is 3. The van der Waals surface area contributed by atoms with Crippen LogP contribution >= 0.6 is 12.2 Å². The molecule has 0 unspecified atom stereocenters. The number of nitrogens with one attached hydrogen (secondary N) is 3. The number of halogens is 2. The molecule has 0 aliphatic heterocycles. The van der Waals surface area contributed by atoms with E-state index in [0.717, 1.165) is 12.1 Å². The van der Waals surface area contributed by atoms with Crippen LogP contribution in [-0.4, -0.2) is 31.1 Å². The third-order valence-corrected chi connectivity index (χ3v) is 5.37. The Kier molecular flexibility index (Phi) is 7.21. The number of methoxy groups -OCH3 is 1. The van der Waals surface area contributed by atoms with E-state index in [1.165, 1.54) is 55.6 Å². The molecule has 0 aliphatic carbocycles. The Morgan fingerprint density at radius 2 is 1.58 bits per heavy atom. The Labute approximate surface area is 193 Å². The molecule has 8 nitrogen and oxygen atoms in total. The molecule has 3 aromatic rings. The highest BCUT2D eigenvalue weighted by molar-refractivity contribution is 7.85. The summed E-state index contributed by atoms with van der Waals surface area (Å²) in [5, 5.41) is 8.27. The molecular formula is C21H17F2N3O5S2. The maximum absolute atomic E-state index is 13.4. The van der Waals surface area contributed by atoms with Crippen LogP contribution in [0.15, 0.2) is 65.6 Å². The Morgan fingerprint density at radius 3 is 2.18 bits per heavy atom. The molecule has 33 heavy (non-hydrogen) atoms. The Morgan fingerprint density at radius 1 is 0.909 bits per heavy atom. The van der Waals surface area contributed by atoms with Crippen LogP contribution in [0.1, 0.15) is 10.4 Å². The number of carbonyl (C=O) groups is 1. The summed E-state index contributed by atoms with van der Waals surface area (Å²) >= 11 is 5.25. The topological polar surface area (TPSA) is 117 Å². The molecule has 1 amide bonds. The minimum atomic E-state index is -4.32. The van der Waals surface area contributed by atoms with Crippen LogP contribution in [0.3, 0.4) is 0 Å². The lowest BCUT2D eigenvalue weighted by molar-refractivity contribution is 0.102. The van der Waals surface area contributed by atoms with E-state index in [0.29, 0.717) is 17.1 Å². The number of hydrogen-bond acceptors (Lipinski definition) is 5. The van der Waals surface area contributed by atoms with Crippen LogP contribution in [-0.2, 0) is 10.1 Å². The molecule has 3 rings (SSSR count). The fourth-order valence-electron chi connectivity index (χ4n) is 2.72. The minimum Gasteiger partial charge on any atom is -0.495 e. The summed E-state index contributed by atoms with van der Waals surface area (Å²) in [6, 6.07) is 12.6. The van der Waals surface area contributed by atoms with Gasteiger partial charge in [-0.2, -0.15) is 8.42 Å². The number of rotatable bonds is 6. The standard InChI is InChI=1S/C21H17F2N3O5S2/c1-31-19-9-2-12(20(27)24-14-5-8-16(22)17(23)11-14)10-18(19)26-21(32)25-13-3-6-15(7-4-13)33(28,29)30/h2-11H,1H3,(H,24,27)(H2,25,26,32)(H,28,29,30). The van der Waals surface area contributed by atoms with Gasteiger partial charge in [0.1, 0.15) is 5.75 Å². The Bertz CT molecular complexity index is 1320. The van der Waals surface area contributed by atoms with E-state index in [4.69, 9.17) is 21.5 Å². The van der Waals surface area contributed by atoms with Gasteiger partial charge in [0.2, 0.25) is 0 Å². The highest BCUT2D eigenvalue weighted by atomic mass is 32.2. The molecule has 0 fully saturated rings. The third-order valence-electron chi connectivity index (χ3n) is 4.30. The van der Waals surface area contributed by atoms with Crippen LogP contribution < -0.4 is 20.7 Å². The first-order valence-corrected chi connectivity index (χ1v) is 11.0. The van der Waals surface area contributed by atoms with E-state index < -0.39 is 27.7 Å².